The van der Waals surface area contributed by atoms with Crippen LogP contribution >= 0.6 is 0 Å². The molecule has 4 aromatic carbocycles. The molecule has 0 aliphatic rings. The van der Waals surface area contributed by atoms with E-state index in [1.165, 1.54) is 17.0 Å². The fourth-order valence-electron chi connectivity index (χ4n) is 5.13. The highest BCUT2D eigenvalue weighted by molar-refractivity contribution is 7.92. The first-order valence-corrected chi connectivity index (χ1v) is 17.1. The summed E-state index contributed by atoms with van der Waals surface area (Å²) >= 11 is 0. The van der Waals surface area contributed by atoms with Crippen molar-refractivity contribution < 1.29 is 22.7 Å². The van der Waals surface area contributed by atoms with E-state index in [4.69, 9.17) is 4.74 Å². The van der Waals surface area contributed by atoms with Crippen LogP contribution in [0.2, 0.25) is 0 Å². The maximum atomic E-state index is 14.6. The summed E-state index contributed by atoms with van der Waals surface area (Å²) in [6.07, 6.45) is 1.96. The van der Waals surface area contributed by atoms with Crippen molar-refractivity contribution in [3.63, 3.8) is 0 Å². The minimum atomic E-state index is -4.23. The number of carbonyl (C=O) groups is 2. The van der Waals surface area contributed by atoms with E-state index in [0.29, 0.717) is 18.9 Å². The SMILES string of the molecule is CCCCNC(=O)[C@H](Cc1ccccc1)N(Cc1ccccc1)C(=O)CN(c1ccccc1OCC)S(=O)(=O)c1ccc(C)cc1. The second-order valence-electron chi connectivity index (χ2n) is 11.1. The number of carbonyl (C=O) groups excluding carboxylic acids is 2. The van der Waals surface area contributed by atoms with Gasteiger partial charge < -0.3 is 15.0 Å². The Morgan fingerprint density at radius 1 is 0.804 bits per heavy atom. The van der Waals surface area contributed by atoms with Gasteiger partial charge in [0.1, 0.15) is 18.3 Å². The maximum absolute atomic E-state index is 14.6. The number of amides is 2. The number of nitrogens with one attached hydrogen (secondary N) is 1. The number of nitrogens with zero attached hydrogens (tertiary/aromatic N) is 2. The molecular weight excluding hydrogens is 598 g/mol. The fraction of sp³-hybridized carbons (Fsp3) is 0.297. The topological polar surface area (TPSA) is 96.0 Å². The number of anilines is 1. The molecule has 0 bridgehead atoms. The minimum absolute atomic E-state index is 0.0463. The van der Waals surface area contributed by atoms with Gasteiger partial charge in [-0.3, -0.25) is 13.9 Å². The minimum Gasteiger partial charge on any atom is -0.492 e. The lowest BCUT2D eigenvalue weighted by Gasteiger charge is -2.34. The predicted molar refractivity (Wildman–Crippen MR) is 182 cm³/mol. The number of aryl methyl sites for hydroxylation is 1. The van der Waals surface area contributed by atoms with Crippen molar-refractivity contribution in [2.24, 2.45) is 0 Å². The van der Waals surface area contributed by atoms with Gasteiger partial charge in [0.2, 0.25) is 11.8 Å². The zero-order valence-corrected chi connectivity index (χ0v) is 27.6. The molecule has 0 aromatic heterocycles. The van der Waals surface area contributed by atoms with Crippen LogP contribution in [0.1, 0.15) is 43.4 Å². The van der Waals surface area contributed by atoms with E-state index in [-0.39, 0.29) is 29.5 Å². The van der Waals surface area contributed by atoms with Gasteiger partial charge in [-0.25, -0.2) is 8.42 Å². The van der Waals surface area contributed by atoms with E-state index in [1.807, 2.05) is 81.4 Å². The van der Waals surface area contributed by atoms with E-state index in [2.05, 4.69) is 5.32 Å². The second-order valence-corrected chi connectivity index (χ2v) is 12.9. The number of hydrogen-bond donors (Lipinski definition) is 1. The van der Waals surface area contributed by atoms with Gasteiger partial charge in [-0.1, -0.05) is 104 Å². The van der Waals surface area contributed by atoms with Gasteiger partial charge in [0.25, 0.3) is 10.0 Å². The fourth-order valence-corrected chi connectivity index (χ4v) is 6.56. The van der Waals surface area contributed by atoms with Crippen LogP contribution in [0.15, 0.2) is 114 Å². The number of sulfonamides is 1. The molecule has 46 heavy (non-hydrogen) atoms. The Hall–Kier alpha value is -4.63. The second kappa shape index (κ2) is 16.6. The summed E-state index contributed by atoms with van der Waals surface area (Å²) in [5, 5.41) is 3.01. The lowest BCUT2D eigenvalue weighted by atomic mass is 10.0. The van der Waals surface area contributed by atoms with Gasteiger partial charge >= 0.3 is 0 Å². The number of benzene rings is 4. The van der Waals surface area contributed by atoms with E-state index >= 15 is 0 Å². The van der Waals surface area contributed by atoms with Gasteiger partial charge in [0.05, 0.1) is 17.2 Å². The third-order valence-electron chi connectivity index (χ3n) is 7.62. The number of hydrogen-bond acceptors (Lipinski definition) is 5. The molecule has 4 aromatic rings. The van der Waals surface area contributed by atoms with Gasteiger partial charge in [0.15, 0.2) is 0 Å². The maximum Gasteiger partial charge on any atom is 0.264 e. The smallest absolute Gasteiger partial charge is 0.264 e. The zero-order valence-electron chi connectivity index (χ0n) is 26.8. The molecule has 8 nitrogen and oxygen atoms in total. The van der Waals surface area contributed by atoms with Crippen molar-refractivity contribution in [3.8, 4) is 5.75 Å². The number of para-hydroxylation sites is 2. The first-order chi connectivity index (χ1) is 22.2. The molecule has 242 valence electrons. The molecule has 0 fully saturated rings. The standard InChI is InChI=1S/C37H43N3O5S/c1-4-6-25-38-37(42)34(26-30-15-9-7-10-16-30)39(27-31-17-11-8-12-18-31)36(41)28-40(33-19-13-14-20-35(33)45-5-2)46(43,44)32-23-21-29(3)22-24-32/h7-24,34H,4-6,25-28H2,1-3H3,(H,38,42)/t34-/m0/s1. The highest BCUT2D eigenvalue weighted by Crippen LogP contribution is 2.33. The molecule has 1 atom stereocenters. The third kappa shape index (κ3) is 8.97. The Morgan fingerprint density at radius 2 is 1.41 bits per heavy atom. The normalized spacial score (nSPS) is 11.8. The lowest BCUT2D eigenvalue weighted by molar-refractivity contribution is -0.140. The molecular formula is C37H43N3O5S. The molecule has 0 saturated carbocycles. The quantitative estimate of drug-likeness (QED) is 0.148. The van der Waals surface area contributed by atoms with E-state index in [0.717, 1.165) is 33.8 Å². The number of ether oxygens (including phenoxy) is 1. The molecule has 0 unspecified atom stereocenters. The Labute approximate surface area is 273 Å². The Morgan fingerprint density at radius 3 is 2.04 bits per heavy atom. The average Bonchev–Trinajstić information content (AvgIpc) is 3.07. The summed E-state index contributed by atoms with van der Waals surface area (Å²) in [5.74, 6) is -0.470. The lowest BCUT2D eigenvalue weighted by Crippen LogP contribution is -2.53. The molecule has 0 spiro atoms. The van der Waals surface area contributed by atoms with E-state index in [9.17, 15) is 18.0 Å². The molecule has 9 heteroatoms. The molecule has 0 radical (unpaired) electrons. The van der Waals surface area contributed by atoms with Crippen LogP contribution in [-0.2, 0) is 32.6 Å². The van der Waals surface area contributed by atoms with Gasteiger partial charge in [-0.05, 0) is 55.7 Å². The largest absolute Gasteiger partial charge is 0.492 e. The highest BCUT2D eigenvalue weighted by Gasteiger charge is 2.35. The first-order valence-electron chi connectivity index (χ1n) is 15.7. The van der Waals surface area contributed by atoms with Crippen molar-refractivity contribution in [2.75, 3.05) is 24.0 Å². The molecule has 0 saturated heterocycles. The van der Waals surface area contributed by atoms with E-state index < -0.39 is 28.5 Å². The molecule has 4 rings (SSSR count). The molecule has 0 aliphatic heterocycles. The zero-order chi connectivity index (χ0) is 32.9. The monoisotopic (exact) mass is 641 g/mol. The van der Waals surface area contributed by atoms with Crippen LogP contribution in [0.4, 0.5) is 5.69 Å². The molecule has 0 heterocycles. The van der Waals surface area contributed by atoms with Crippen molar-refractivity contribution in [2.45, 2.75) is 57.5 Å². The van der Waals surface area contributed by atoms with Crippen LogP contribution in [0.3, 0.4) is 0 Å². The predicted octanol–water partition coefficient (Wildman–Crippen LogP) is 6.15. The molecule has 1 N–H and O–H groups in total. The Kier molecular flexibility index (Phi) is 12.4. The summed E-state index contributed by atoms with van der Waals surface area (Å²) in [5.41, 5.74) is 2.85. The summed E-state index contributed by atoms with van der Waals surface area (Å²) < 4.78 is 35.5. The number of unbranched alkanes of at least 4 members (excludes halogenated alkanes) is 1. The highest BCUT2D eigenvalue weighted by atomic mass is 32.2. The summed E-state index contributed by atoms with van der Waals surface area (Å²) in [7, 11) is -4.23. The summed E-state index contributed by atoms with van der Waals surface area (Å²) in [6, 6.07) is 31.3. The van der Waals surface area contributed by atoms with Gasteiger partial charge in [-0.15, -0.1) is 0 Å². The Balaban J connectivity index is 1.81. The average molecular weight is 642 g/mol. The van der Waals surface area contributed by atoms with Crippen molar-refractivity contribution in [1.82, 2.24) is 10.2 Å². The van der Waals surface area contributed by atoms with Gasteiger partial charge in [0, 0.05) is 19.5 Å². The van der Waals surface area contributed by atoms with Crippen molar-refractivity contribution in [1.29, 1.82) is 0 Å². The summed E-state index contributed by atoms with van der Waals surface area (Å²) in [6.45, 7) is 6.09. The van der Waals surface area contributed by atoms with Crippen LogP contribution in [0.25, 0.3) is 0 Å². The number of rotatable bonds is 16. The Bertz CT molecular complexity index is 1660. The van der Waals surface area contributed by atoms with Crippen LogP contribution in [0.5, 0.6) is 5.75 Å². The van der Waals surface area contributed by atoms with Crippen LogP contribution in [0, 0.1) is 6.92 Å². The van der Waals surface area contributed by atoms with Crippen molar-refractivity contribution in [3.05, 3.63) is 126 Å². The van der Waals surface area contributed by atoms with Gasteiger partial charge in [-0.2, -0.15) is 0 Å². The van der Waals surface area contributed by atoms with E-state index in [1.54, 1.807) is 36.4 Å². The molecule has 0 aliphatic carbocycles. The van der Waals surface area contributed by atoms with Crippen molar-refractivity contribution >= 4 is 27.5 Å². The first kappa shape index (κ1) is 34.2. The van der Waals surface area contributed by atoms with Crippen LogP contribution in [-0.4, -0.2) is 50.9 Å². The van der Waals surface area contributed by atoms with Crippen LogP contribution < -0.4 is 14.4 Å². The molecule has 2 amide bonds. The summed E-state index contributed by atoms with van der Waals surface area (Å²) in [4.78, 5) is 30.0. The third-order valence-corrected chi connectivity index (χ3v) is 9.39.